The Hall–Kier alpha value is -1.10. The lowest BCUT2D eigenvalue weighted by Crippen LogP contribution is -2.18. The Morgan fingerprint density at radius 3 is 2.60 bits per heavy atom. The molecule has 0 radical (unpaired) electrons. The Bertz CT molecular complexity index is 512. The van der Waals surface area contributed by atoms with Gasteiger partial charge in [-0.05, 0) is 54.5 Å². The Balaban J connectivity index is 1.64. The minimum atomic E-state index is -4.24. The van der Waals surface area contributed by atoms with Crippen LogP contribution in [0.3, 0.4) is 0 Å². The van der Waals surface area contributed by atoms with Gasteiger partial charge in [0.2, 0.25) is 0 Å². The van der Waals surface area contributed by atoms with Crippen molar-refractivity contribution in [3.8, 4) is 0 Å². The molecule has 108 valence electrons. The van der Waals surface area contributed by atoms with Crippen LogP contribution < -0.4 is 5.32 Å². The molecule has 3 rings (SSSR count). The number of fused-ring (bicyclic) bond motifs is 2. The molecule has 2 aliphatic carbocycles. The van der Waals surface area contributed by atoms with Crippen molar-refractivity contribution in [2.75, 3.05) is 11.9 Å². The first-order valence-electron chi connectivity index (χ1n) is 6.78. The lowest BCUT2D eigenvalue weighted by Gasteiger charge is -2.20. The zero-order valence-electron chi connectivity index (χ0n) is 10.9. The summed E-state index contributed by atoms with van der Waals surface area (Å²) in [4.78, 5) is 0.249. The second kappa shape index (κ2) is 5.35. The minimum Gasteiger partial charge on any atom is -0.384 e. The highest BCUT2D eigenvalue weighted by molar-refractivity contribution is 8.00. The number of anilines is 1. The van der Waals surface area contributed by atoms with E-state index in [4.69, 9.17) is 0 Å². The van der Waals surface area contributed by atoms with Crippen molar-refractivity contribution in [1.29, 1.82) is 0 Å². The van der Waals surface area contributed by atoms with Crippen molar-refractivity contribution in [2.45, 2.75) is 23.2 Å². The van der Waals surface area contributed by atoms with Crippen LogP contribution in [0.5, 0.6) is 0 Å². The highest BCUT2D eigenvalue weighted by Crippen LogP contribution is 2.44. The van der Waals surface area contributed by atoms with Crippen LogP contribution in [-0.4, -0.2) is 12.1 Å². The lowest BCUT2D eigenvalue weighted by molar-refractivity contribution is -0.0327. The molecule has 20 heavy (non-hydrogen) atoms. The third-order valence-electron chi connectivity index (χ3n) is 4.08. The summed E-state index contributed by atoms with van der Waals surface area (Å²) in [5.41, 5.74) is -3.66. The summed E-state index contributed by atoms with van der Waals surface area (Å²) in [6.45, 7) is 0.751. The predicted molar refractivity (Wildman–Crippen MR) is 75.7 cm³/mol. The van der Waals surface area contributed by atoms with Gasteiger partial charge in [0.1, 0.15) is 0 Å². The van der Waals surface area contributed by atoms with Gasteiger partial charge in [0.15, 0.2) is 0 Å². The zero-order valence-corrected chi connectivity index (χ0v) is 11.7. The maximum atomic E-state index is 12.5. The monoisotopic (exact) mass is 299 g/mol. The zero-order chi connectivity index (χ0) is 14.2. The third kappa shape index (κ3) is 3.14. The summed E-state index contributed by atoms with van der Waals surface area (Å²) >= 11 is -0.0513. The molecule has 2 aliphatic rings. The maximum Gasteiger partial charge on any atom is 0.446 e. The number of rotatable bonds is 4. The van der Waals surface area contributed by atoms with Crippen molar-refractivity contribution in [1.82, 2.24) is 0 Å². The van der Waals surface area contributed by atoms with Crippen LogP contribution in [0.2, 0.25) is 0 Å². The van der Waals surface area contributed by atoms with E-state index in [9.17, 15) is 13.2 Å². The normalized spacial score (nSPS) is 28.1. The van der Waals surface area contributed by atoms with Gasteiger partial charge in [-0.1, -0.05) is 24.3 Å². The van der Waals surface area contributed by atoms with Crippen LogP contribution >= 0.6 is 11.8 Å². The van der Waals surface area contributed by atoms with Crippen molar-refractivity contribution in [3.05, 3.63) is 36.4 Å². The molecule has 1 fully saturated rings. The summed E-state index contributed by atoms with van der Waals surface area (Å²) < 4.78 is 37.5. The second-order valence-electron chi connectivity index (χ2n) is 5.47. The number of alkyl halides is 3. The molecule has 0 heterocycles. The highest BCUT2D eigenvalue weighted by Gasteiger charge is 2.35. The van der Waals surface area contributed by atoms with Gasteiger partial charge in [0.05, 0.1) is 0 Å². The minimum absolute atomic E-state index is 0.0513. The SMILES string of the molecule is FC(F)(F)Sc1ccccc1NCC1CC2C=CC1C2. The van der Waals surface area contributed by atoms with Crippen LogP contribution in [0, 0.1) is 17.8 Å². The predicted octanol–water partition coefficient (Wildman–Crippen LogP) is 4.92. The van der Waals surface area contributed by atoms with Gasteiger partial charge >= 0.3 is 5.51 Å². The van der Waals surface area contributed by atoms with Crippen LogP contribution in [0.4, 0.5) is 18.9 Å². The first kappa shape index (κ1) is 13.9. The molecule has 3 atom stereocenters. The number of allylic oxidation sites excluding steroid dienone is 2. The molecule has 0 aromatic heterocycles. The fraction of sp³-hybridized carbons (Fsp3) is 0.467. The molecule has 0 aliphatic heterocycles. The number of para-hydroxylation sites is 1. The number of thioether (sulfide) groups is 1. The van der Waals surface area contributed by atoms with E-state index < -0.39 is 5.51 Å². The van der Waals surface area contributed by atoms with E-state index in [1.54, 1.807) is 18.2 Å². The lowest BCUT2D eigenvalue weighted by atomic mass is 9.93. The molecule has 2 bridgehead atoms. The molecule has 0 amide bonds. The first-order valence-corrected chi connectivity index (χ1v) is 7.60. The molecule has 5 heteroatoms. The Kier molecular flexibility index (Phi) is 3.71. The maximum absolute atomic E-state index is 12.5. The molecule has 1 nitrogen and oxygen atoms in total. The fourth-order valence-electron chi connectivity index (χ4n) is 3.20. The van der Waals surface area contributed by atoms with E-state index in [1.807, 2.05) is 0 Å². The van der Waals surface area contributed by atoms with E-state index in [0.717, 1.165) is 13.0 Å². The summed E-state index contributed by atoms with van der Waals surface area (Å²) in [5, 5.41) is 3.21. The van der Waals surface area contributed by atoms with Crippen molar-refractivity contribution in [3.63, 3.8) is 0 Å². The molecule has 1 aromatic carbocycles. The first-order chi connectivity index (χ1) is 9.51. The highest BCUT2D eigenvalue weighted by atomic mass is 32.2. The van der Waals surface area contributed by atoms with Crippen LogP contribution in [0.1, 0.15) is 12.8 Å². The average Bonchev–Trinajstić information content (AvgIpc) is 2.98. The topological polar surface area (TPSA) is 12.0 Å². The molecule has 1 saturated carbocycles. The summed E-state index contributed by atoms with van der Waals surface area (Å²) in [7, 11) is 0. The largest absolute Gasteiger partial charge is 0.446 e. The van der Waals surface area contributed by atoms with Crippen molar-refractivity contribution < 1.29 is 13.2 Å². The number of nitrogens with one attached hydrogen (secondary N) is 1. The van der Waals surface area contributed by atoms with Gasteiger partial charge in [-0.15, -0.1) is 0 Å². The summed E-state index contributed by atoms with van der Waals surface area (Å²) in [6.07, 6.45) is 6.90. The molecule has 3 unspecified atom stereocenters. The Labute approximate surface area is 120 Å². The number of benzene rings is 1. The smallest absolute Gasteiger partial charge is 0.384 e. The molecule has 1 aromatic rings. The van der Waals surface area contributed by atoms with E-state index in [0.29, 0.717) is 23.4 Å². The standard InChI is InChI=1S/C15H16F3NS/c16-15(17,18)20-14-4-2-1-3-13(14)19-9-12-8-10-5-6-11(12)7-10/h1-6,10-12,19H,7-9H2. The van der Waals surface area contributed by atoms with Crippen LogP contribution in [-0.2, 0) is 0 Å². The van der Waals surface area contributed by atoms with Crippen molar-refractivity contribution >= 4 is 17.4 Å². The van der Waals surface area contributed by atoms with E-state index >= 15 is 0 Å². The number of halogens is 3. The second-order valence-corrected chi connectivity index (χ2v) is 6.57. The molecular weight excluding hydrogens is 283 g/mol. The molecular formula is C15H16F3NS. The van der Waals surface area contributed by atoms with Crippen LogP contribution in [0.15, 0.2) is 41.3 Å². The molecule has 0 spiro atoms. The van der Waals surface area contributed by atoms with Crippen molar-refractivity contribution in [2.24, 2.45) is 17.8 Å². The summed E-state index contributed by atoms with van der Waals surface area (Å²) in [5.74, 6) is 1.84. The Morgan fingerprint density at radius 2 is 1.95 bits per heavy atom. The summed E-state index contributed by atoms with van der Waals surface area (Å²) in [6, 6.07) is 6.64. The number of hydrogen-bond donors (Lipinski definition) is 1. The van der Waals surface area contributed by atoms with Gasteiger partial charge in [0, 0.05) is 17.1 Å². The van der Waals surface area contributed by atoms with E-state index in [2.05, 4.69) is 17.5 Å². The van der Waals surface area contributed by atoms with Gasteiger partial charge in [-0.25, -0.2) is 0 Å². The van der Waals surface area contributed by atoms with Gasteiger partial charge in [0.25, 0.3) is 0 Å². The van der Waals surface area contributed by atoms with Crippen LogP contribution in [0.25, 0.3) is 0 Å². The number of hydrogen-bond acceptors (Lipinski definition) is 2. The molecule has 0 saturated heterocycles. The van der Waals surface area contributed by atoms with Gasteiger partial charge < -0.3 is 5.32 Å². The van der Waals surface area contributed by atoms with E-state index in [1.165, 1.54) is 12.5 Å². The van der Waals surface area contributed by atoms with Gasteiger partial charge in [-0.2, -0.15) is 13.2 Å². The quantitative estimate of drug-likeness (QED) is 0.625. The van der Waals surface area contributed by atoms with E-state index in [-0.39, 0.29) is 16.7 Å². The van der Waals surface area contributed by atoms with Gasteiger partial charge in [-0.3, -0.25) is 0 Å². The molecule has 1 N–H and O–H groups in total. The Morgan fingerprint density at radius 1 is 1.15 bits per heavy atom. The third-order valence-corrected chi connectivity index (χ3v) is 4.89. The average molecular weight is 299 g/mol. The fourth-order valence-corrected chi connectivity index (χ4v) is 3.84.